The van der Waals surface area contributed by atoms with Gasteiger partial charge in [0.05, 0.1) is 6.26 Å². The lowest BCUT2D eigenvalue weighted by Gasteiger charge is -2.56. The molecule has 1 amide bonds. The van der Waals surface area contributed by atoms with Gasteiger partial charge >= 0.3 is 0 Å². The Kier molecular flexibility index (Phi) is 7.74. The van der Waals surface area contributed by atoms with Gasteiger partial charge in [0, 0.05) is 36.3 Å². The number of carbonyl (C=O) groups excluding carboxylic acids is 1. The molecule has 0 aromatic heterocycles. The van der Waals surface area contributed by atoms with Crippen molar-refractivity contribution in [3.63, 3.8) is 0 Å². The topological polar surface area (TPSA) is 87.7 Å². The summed E-state index contributed by atoms with van der Waals surface area (Å²) in [4.78, 5) is 15.8. The lowest BCUT2D eigenvalue weighted by molar-refractivity contribution is -0.130. The zero-order valence-corrected chi connectivity index (χ0v) is 23.6. The molecule has 3 aliphatic heterocycles. The van der Waals surface area contributed by atoms with Gasteiger partial charge in [0.2, 0.25) is 15.9 Å². The van der Waals surface area contributed by atoms with E-state index in [0.717, 1.165) is 50.8 Å². The number of sulfonamides is 1. The van der Waals surface area contributed by atoms with Crippen LogP contribution in [0.2, 0.25) is 0 Å². The van der Waals surface area contributed by atoms with Gasteiger partial charge in [0.15, 0.2) is 0 Å². The van der Waals surface area contributed by atoms with E-state index in [2.05, 4.69) is 40.9 Å². The molecule has 0 aliphatic carbocycles. The van der Waals surface area contributed by atoms with E-state index < -0.39 is 10.0 Å². The Hall–Kier alpha value is -2.58. The van der Waals surface area contributed by atoms with Crippen LogP contribution >= 0.6 is 0 Å². The van der Waals surface area contributed by atoms with Gasteiger partial charge in [0.25, 0.3) is 0 Å². The molecule has 2 unspecified atom stereocenters. The van der Waals surface area contributed by atoms with Gasteiger partial charge in [-0.2, -0.15) is 0 Å². The van der Waals surface area contributed by atoms with Gasteiger partial charge in [-0.05, 0) is 85.9 Å². The van der Waals surface area contributed by atoms with Crippen LogP contribution in [-0.4, -0.2) is 50.2 Å². The average molecular weight is 540 g/mol. The summed E-state index contributed by atoms with van der Waals surface area (Å²) in [5.74, 6) is 2.90. The minimum Gasteiger partial charge on any atom is -0.457 e. The molecule has 8 heteroatoms. The van der Waals surface area contributed by atoms with Crippen molar-refractivity contribution in [1.82, 2.24) is 10.2 Å². The molecule has 7 nitrogen and oxygen atoms in total. The number of amides is 1. The van der Waals surface area contributed by atoms with E-state index >= 15 is 0 Å². The molecule has 3 fully saturated rings. The number of fused-ring (bicyclic) bond motifs is 1. The maximum atomic E-state index is 13.1. The van der Waals surface area contributed by atoms with Crippen LogP contribution in [0.5, 0.6) is 11.5 Å². The third-order valence-corrected chi connectivity index (χ3v) is 9.47. The lowest BCUT2D eigenvalue weighted by Crippen LogP contribution is -2.64. The smallest absolute Gasteiger partial charge is 0.229 e. The van der Waals surface area contributed by atoms with Crippen molar-refractivity contribution in [2.75, 3.05) is 24.1 Å². The highest BCUT2D eigenvalue weighted by Crippen LogP contribution is 2.57. The van der Waals surface area contributed by atoms with Crippen molar-refractivity contribution in [3.05, 3.63) is 54.1 Å². The Bertz CT molecular complexity index is 1230. The van der Waals surface area contributed by atoms with Crippen LogP contribution in [0.25, 0.3) is 0 Å². The van der Waals surface area contributed by atoms with Gasteiger partial charge in [-0.3, -0.25) is 14.4 Å². The summed E-state index contributed by atoms with van der Waals surface area (Å²) in [6, 6.07) is 15.7. The monoisotopic (exact) mass is 539 g/mol. The molecule has 3 heterocycles. The van der Waals surface area contributed by atoms with E-state index in [1.54, 1.807) is 24.3 Å². The van der Waals surface area contributed by atoms with E-state index in [9.17, 15) is 13.2 Å². The second kappa shape index (κ2) is 10.9. The van der Waals surface area contributed by atoms with Crippen LogP contribution in [0.4, 0.5) is 5.69 Å². The molecule has 2 aromatic rings. The Labute approximate surface area is 227 Å². The summed E-state index contributed by atoms with van der Waals surface area (Å²) in [5.41, 5.74) is 2.00. The van der Waals surface area contributed by atoms with Crippen LogP contribution < -0.4 is 14.8 Å². The number of piperidine rings is 1. The molecule has 2 aromatic carbocycles. The van der Waals surface area contributed by atoms with Crippen LogP contribution in [0.1, 0.15) is 57.9 Å². The molecular weight excluding hydrogens is 498 g/mol. The first-order valence-corrected chi connectivity index (χ1v) is 16.0. The number of hydrogen-bond acceptors (Lipinski definition) is 5. The maximum absolute atomic E-state index is 13.1. The van der Waals surface area contributed by atoms with Crippen molar-refractivity contribution < 1.29 is 17.9 Å². The number of rotatable bonds is 12. The molecule has 5 rings (SSSR count). The van der Waals surface area contributed by atoms with Crippen molar-refractivity contribution in [2.24, 2.45) is 17.8 Å². The maximum Gasteiger partial charge on any atom is 0.229 e. The quantitative estimate of drug-likeness (QED) is 0.388. The molecule has 2 bridgehead atoms. The molecule has 0 radical (unpaired) electrons. The van der Waals surface area contributed by atoms with E-state index in [1.165, 1.54) is 24.8 Å². The molecular formula is C30H41N3O4S. The number of anilines is 1. The van der Waals surface area contributed by atoms with E-state index in [4.69, 9.17) is 4.74 Å². The zero-order valence-electron chi connectivity index (χ0n) is 22.8. The first-order valence-electron chi connectivity index (χ1n) is 14.1. The van der Waals surface area contributed by atoms with Crippen LogP contribution in [0, 0.1) is 17.8 Å². The highest BCUT2D eigenvalue weighted by Gasteiger charge is 2.62. The zero-order chi connectivity index (χ0) is 26.9. The number of ether oxygens (including phenoxy) is 1. The second-order valence-electron chi connectivity index (χ2n) is 11.7. The Morgan fingerprint density at radius 1 is 1.08 bits per heavy atom. The van der Waals surface area contributed by atoms with Gasteiger partial charge in [-0.1, -0.05) is 38.8 Å². The fraction of sp³-hybridized carbons (Fsp3) is 0.567. The summed E-state index contributed by atoms with van der Waals surface area (Å²) >= 11 is 0. The Balaban J connectivity index is 1.16. The summed E-state index contributed by atoms with van der Waals surface area (Å²) in [7, 11) is -3.30. The van der Waals surface area contributed by atoms with Gasteiger partial charge in [-0.15, -0.1) is 0 Å². The normalized spacial score (nSPS) is 26.9. The van der Waals surface area contributed by atoms with Gasteiger partial charge < -0.3 is 10.1 Å². The fourth-order valence-corrected chi connectivity index (χ4v) is 7.62. The standard InChI is InChI=1S/C30H41N3O4S/c1-4-6-21(5-2)19-31-29(34)28-15-25-18-30(17-23(28)20-33(25)30)16-22-7-11-26(12-8-22)37-27-13-9-24(10-14-27)32-38(3,35)36/h7-14,21,23,25,28,32H,4-6,15-20H2,1-3H3,(H,31,34)/t21?,23-,25+,28-,30?/m1/s1. The summed E-state index contributed by atoms with van der Waals surface area (Å²) in [6.45, 7) is 6.31. The lowest BCUT2D eigenvalue weighted by atomic mass is 9.75. The third-order valence-electron chi connectivity index (χ3n) is 8.86. The Morgan fingerprint density at radius 3 is 2.39 bits per heavy atom. The number of nitrogens with zero attached hydrogens (tertiary/aromatic N) is 1. The minimum atomic E-state index is -3.30. The molecule has 0 saturated carbocycles. The number of benzene rings is 2. The fourth-order valence-electron chi connectivity index (χ4n) is 7.05. The molecule has 3 aliphatic rings. The van der Waals surface area contributed by atoms with Crippen molar-refractivity contribution in [2.45, 2.75) is 70.4 Å². The molecule has 5 atom stereocenters. The number of hydrogen-bond donors (Lipinski definition) is 2. The van der Waals surface area contributed by atoms with Crippen molar-refractivity contribution >= 4 is 21.6 Å². The van der Waals surface area contributed by atoms with Crippen molar-refractivity contribution in [3.8, 4) is 11.5 Å². The molecule has 38 heavy (non-hydrogen) atoms. The molecule has 3 saturated heterocycles. The summed E-state index contributed by atoms with van der Waals surface area (Å²) in [6.07, 6.45) is 8.93. The molecule has 0 spiro atoms. The van der Waals surface area contributed by atoms with Crippen molar-refractivity contribution in [1.29, 1.82) is 0 Å². The summed E-state index contributed by atoms with van der Waals surface area (Å²) < 4.78 is 31.2. The number of nitrogens with one attached hydrogen (secondary N) is 2. The minimum absolute atomic E-state index is 0.162. The van der Waals surface area contributed by atoms with E-state index in [1.807, 2.05) is 12.1 Å². The summed E-state index contributed by atoms with van der Waals surface area (Å²) in [5, 5.41) is 3.31. The SMILES string of the molecule is CCCC(CC)CNC(=O)[C@@H]1C[C@H]2CC3(Cc4ccc(Oc5ccc(NS(C)(=O)=O)cc5)cc4)C[C@@H]1CN23. The predicted molar refractivity (Wildman–Crippen MR) is 151 cm³/mol. The Morgan fingerprint density at radius 2 is 1.76 bits per heavy atom. The van der Waals surface area contributed by atoms with Gasteiger partial charge in [0.1, 0.15) is 11.5 Å². The van der Waals surface area contributed by atoms with E-state index in [-0.39, 0.29) is 17.4 Å². The van der Waals surface area contributed by atoms with Crippen LogP contribution in [-0.2, 0) is 21.2 Å². The second-order valence-corrected chi connectivity index (χ2v) is 13.4. The predicted octanol–water partition coefficient (Wildman–Crippen LogP) is 5.19. The molecule has 206 valence electrons. The first-order chi connectivity index (χ1) is 18.2. The largest absolute Gasteiger partial charge is 0.457 e. The van der Waals surface area contributed by atoms with Crippen LogP contribution in [0.15, 0.2) is 48.5 Å². The van der Waals surface area contributed by atoms with E-state index in [0.29, 0.717) is 29.3 Å². The van der Waals surface area contributed by atoms with Gasteiger partial charge in [-0.25, -0.2) is 8.42 Å². The molecule has 2 N–H and O–H groups in total. The van der Waals surface area contributed by atoms with Crippen LogP contribution in [0.3, 0.4) is 0 Å². The third kappa shape index (κ3) is 5.86. The number of carbonyl (C=O) groups is 1. The highest BCUT2D eigenvalue weighted by atomic mass is 32.2. The highest BCUT2D eigenvalue weighted by molar-refractivity contribution is 7.92. The average Bonchev–Trinajstić information content (AvgIpc) is 2.99. The first kappa shape index (κ1) is 27.0.